The summed E-state index contributed by atoms with van der Waals surface area (Å²) in [5.41, 5.74) is 1.34. The molecule has 1 aliphatic rings. The van der Waals surface area contributed by atoms with E-state index in [0.29, 0.717) is 22.1 Å². The molecule has 3 rings (SSSR count). The first-order chi connectivity index (χ1) is 9.70. The highest BCUT2D eigenvalue weighted by molar-refractivity contribution is 6.31. The first-order valence-corrected chi connectivity index (χ1v) is 6.70. The highest BCUT2D eigenvalue weighted by atomic mass is 35.5. The third-order valence-electron chi connectivity index (χ3n) is 3.38. The lowest BCUT2D eigenvalue weighted by Crippen LogP contribution is -2.21. The molecule has 0 fully saturated rings. The van der Waals surface area contributed by atoms with Crippen molar-refractivity contribution in [3.8, 4) is 11.5 Å². The van der Waals surface area contributed by atoms with E-state index in [1.165, 1.54) is 0 Å². The van der Waals surface area contributed by atoms with E-state index in [0.717, 1.165) is 5.56 Å². The number of hydrogen-bond acceptors (Lipinski definition) is 3. The molecule has 0 aromatic heterocycles. The first-order valence-electron chi connectivity index (χ1n) is 6.32. The van der Waals surface area contributed by atoms with Gasteiger partial charge in [-0.15, -0.1) is 0 Å². The molecule has 2 aromatic rings. The molecule has 102 valence electrons. The number of halogens is 1. The number of hydrogen-bond donors (Lipinski definition) is 0. The van der Waals surface area contributed by atoms with Crippen LogP contribution in [-0.2, 0) is 0 Å². The topological polar surface area (TPSA) is 35.5 Å². The van der Waals surface area contributed by atoms with E-state index >= 15 is 0 Å². The molecule has 1 heterocycles. The summed E-state index contributed by atoms with van der Waals surface area (Å²) in [4.78, 5) is 12.2. The molecule has 20 heavy (non-hydrogen) atoms. The van der Waals surface area contributed by atoms with Gasteiger partial charge in [-0.05, 0) is 24.3 Å². The minimum Gasteiger partial charge on any atom is -0.496 e. The van der Waals surface area contributed by atoms with Crippen molar-refractivity contribution in [2.45, 2.75) is 12.5 Å². The van der Waals surface area contributed by atoms with E-state index in [1.54, 1.807) is 25.3 Å². The van der Waals surface area contributed by atoms with E-state index < -0.39 is 6.10 Å². The Bertz CT molecular complexity index is 667. The molecule has 1 unspecified atom stereocenters. The number of ketones is 1. The van der Waals surface area contributed by atoms with E-state index in [9.17, 15) is 4.79 Å². The predicted octanol–water partition coefficient (Wildman–Crippen LogP) is 4.06. The molecular weight excluding hydrogens is 276 g/mol. The van der Waals surface area contributed by atoms with Crippen LogP contribution >= 0.6 is 11.6 Å². The number of methoxy groups -OCH3 is 1. The molecule has 0 radical (unpaired) electrons. The molecule has 0 saturated heterocycles. The number of benzene rings is 2. The Morgan fingerprint density at radius 1 is 1.20 bits per heavy atom. The fourth-order valence-electron chi connectivity index (χ4n) is 2.44. The molecule has 4 heteroatoms. The summed E-state index contributed by atoms with van der Waals surface area (Å²) in [7, 11) is 1.58. The van der Waals surface area contributed by atoms with Crippen LogP contribution in [0.1, 0.15) is 28.4 Å². The second kappa shape index (κ2) is 5.17. The fraction of sp³-hybridized carbons (Fsp3) is 0.188. The average Bonchev–Trinajstić information content (AvgIpc) is 2.46. The summed E-state index contributed by atoms with van der Waals surface area (Å²) in [6.07, 6.45) is -0.155. The number of ether oxygens (including phenoxy) is 2. The molecule has 2 aromatic carbocycles. The lowest BCUT2D eigenvalue weighted by Gasteiger charge is -2.27. The van der Waals surface area contributed by atoms with Crippen molar-refractivity contribution in [1.82, 2.24) is 0 Å². The largest absolute Gasteiger partial charge is 0.496 e. The zero-order valence-corrected chi connectivity index (χ0v) is 11.7. The molecular formula is C16H13ClO3. The van der Waals surface area contributed by atoms with Gasteiger partial charge in [0, 0.05) is 0 Å². The normalized spacial score (nSPS) is 17.3. The maximum Gasteiger partial charge on any atom is 0.170 e. The number of carbonyl (C=O) groups is 1. The van der Waals surface area contributed by atoms with Gasteiger partial charge < -0.3 is 9.47 Å². The maximum absolute atomic E-state index is 12.2. The molecule has 1 atom stereocenters. The SMILES string of the molecule is COc1cccc(Cl)c1C1CC(=O)c2ccccc2O1. The van der Waals surface area contributed by atoms with E-state index in [4.69, 9.17) is 21.1 Å². The summed E-state index contributed by atoms with van der Waals surface area (Å²) < 4.78 is 11.3. The Kier molecular flexibility index (Phi) is 3.36. The Morgan fingerprint density at radius 3 is 2.80 bits per heavy atom. The van der Waals surface area contributed by atoms with Crippen LogP contribution in [-0.4, -0.2) is 12.9 Å². The zero-order chi connectivity index (χ0) is 14.1. The third-order valence-corrected chi connectivity index (χ3v) is 3.71. The van der Waals surface area contributed by atoms with Crippen LogP contribution in [0.15, 0.2) is 42.5 Å². The molecule has 0 amide bonds. The summed E-state index contributed by atoms with van der Waals surface area (Å²) in [5, 5.41) is 0.543. The van der Waals surface area contributed by atoms with E-state index in [-0.39, 0.29) is 12.2 Å². The molecule has 0 spiro atoms. The third kappa shape index (κ3) is 2.14. The van der Waals surface area contributed by atoms with Gasteiger partial charge in [-0.1, -0.05) is 29.8 Å². The summed E-state index contributed by atoms with van der Waals surface area (Å²) in [6.45, 7) is 0. The molecule has 0 N–H and O–H groups in total. The second-order valence-corrected chi connectivity index (χ2v) is 4.99. The van der Waals surface area contributed by atoms with Gasteiger partial charge in [-0.2, -0.15) is 0 Å². The van der Waals surface area contributed by atoms with Crippen molar-refractivity contribution >= 4 is 17.4 Å². The van der Waals surface area contributed by atoms with Gasteiger partial charge in [0.05, 0.1) is 29.7 Å². The predicted molar refractivity (Wildman–Crippen MR) is 76.8 cm³/mol. The minimum atomic E-state index is -0.416. The lowest BCUT2D eigenvalue weighted by atomic mass is 9.96. The van der Waals surface area contributed by atoms with Crippen LogP contribution in [0.3, 0.4) is 0 Å². The summed E-state index contributed by atoms with van der Waals surface area (Å²) in [5.74, 6) is 1.28. The zero-order valence-electron chi connectivity index (χ0n) is 10.9. The van der Waals surface area contributed by atoms with Crippen LogP contribution < -0.4 is 9.47 Å². The van der Waals surface area contributed by atoms with Gasteiger partial charge in [0.1, 0.15) is 17.6 Å². The van der Waals surface area contributed by atoms with Crippen molar-refractivity contribution in [1.29, 1.82) is 0 Å². The van der Waals surface area contributed by atoms with Crippen LogP contribution in [0.25, 0.3) is 0 Å². The molecule has 0 saturated carbocycles. The summed E-state index contributed by atoms with van der Waals surface area (Å²) >= 11 is 6.24. The summed E-state index contributed by atoms with van der Waals surface area (Å²) in [6, 6.07) is 12.6. The van der Waals surface area contributed by atoms with Gasteiger partial charge in [-0.3, -0.25) is 4.79 Å². The Labute approximate surface area is 122 Å². The van der Waals surface area contributed by atoms with Gasteiger partial charge in [0.15, 0.2) is 5.78 Å². The number of carbonyl (C=O) groups excluding carboxylic acids is 1. The molecule has 0 bridgehead atoms. The molecule has 0 aliphatic carbocycles. The number of Topliss-reactive ketones (excluding diaryl/α,β-unsaturated/α-hetero) is 1. The first kappa shape index (κ1) is 13.0. The molecule has 3 nitrogen and oxygen atoms in total. The van der Waals surface area contributed by atoms with Crippen molar-refractivity contribution in [3.63, 3.8) is 0 Å². The van der Waals surface area contributed by atoms with Crippen molar-refractivity contribution in [2.75, 3.05) is 7.11 Å². The number of para-hydroxylation sites is 1. The van der Waals surface area contributed by atoms with Crippen molar-refractivity contribution < 1.29 is 14.3 Å². The van der Waals surface area contributed by atoms with Crippen LogP contribution in [0.4, 0.5) is 0 Å². The van der Waals surface area contributed by atoms with Gasteiger partial charge in [0.2, 0.25) is 0 Å². The van der Waals surface area contributed by atoms with Crippen molar-refractivity contribution in [3.05, 3.63) is 58.6 Å². The van der Waals surface area contributed by atoms with E-state index in [1.807, 2.05) is 24.3 Å². The number of fused-ring (bicyclic) bond motifs is 1. The van der Waals surface area contributed by atoms with Gasteiger partial charge in [-0.25, -0.2) is 0 Å². The van der Waals surface area contributed by atoms with E-state index in [2.05, 4.69) is 0 Å². The van der Waals surface area contributed by atoms with Gasteiger partial charge >= 0.3 is 0 Å². The van der Waals surface area contributed by atoms with Crippen LogP contribution in [0, 0.1) is 0 Å². The minimum absolute atomic E-state index is 0.0545. The standard InChI is InChI=1S/C16H13ClO3/c1-19-14-8-4-6-11(17)16(14)15-9-12(18)10-5-2-3-7-13(10)20-15/h2-8,15H,9H2,1H3. The van der Waals surface area contributed by atoms with Crippen LogP contribution in [0.5, 0.6) is 11.5 Å². The maximum atomic E-state index is 12.2. The second-order valence-electron chi connectivity index (χ2n) is 4.59. The van der Waals surface area contributed by atoms with Crippen LogP contribution in [0.2, 0.25) is 5.02 Å². The van der Waals surface area contributed by atoms with Crippen molar-refractivity contribution in [2.24, 2.45) is 0 Å². The molecule has 1 aliphatic heterocycles. The Hall–Kier alpha value is -2.00. The average molecular weight is 289 g/mol. The van der Waals surface area contributed by atoms with Gasteiger partial charge in [0.25, 0.3) is 0 Å². The highest BCUT2D eigenvalue weighted by Gasteiger charge is 2.30. The fourth-order valence-corrected chi connectivity index (χ4v) is 2.73. The quantitative estimate of drug-likeness (QED) is 0.836. The Balaban J connectivity index is 2.04. The highest BCUT2D eigenvalue weighted by Crippen LogP contribution is 2.41. The smallest absolute Gasteiger partial charge is 0.170 e. The Morgan fingerprint density at radius 2 is 2.00 bits per heavy atom. The monoisotopic (exact) mass is 288 g/mol. The lowest BCUT2D eigenvalue weighted by molar-refractivity contribution is 0.0847. The number of rotatable bonds is 2.